The molecule has 2 atom stereocenters. The van der Waals surface area contributed by atoms with E-state index in [4.69, 9.17) is 14.6 Å². The number of amides is 2. The van der Waals surface area contributed by atoms with Gasteiger partial charge in [-0.25, -0.2) is 32.3 Å². The van der Waals surface area contributed by atoms with Gasteiger partial charge in [-0.2, -0.15) is 9.64 Å². The zero-order valence-electron chi connectivity index (χ0n) is 26.6. The number of methoxy groups -OCH3 is 2. The van der Waals surface area contributed by atoms with Crippen LogP contribution in [0.25, 0.3) is 0 Å². The normalized spacial score (nSPS) is 12.7. The summed E-state index contributed by atoms with van der Waals surface area (Å²) in [5.41, 5.74) is 0.0938. The molecule has 5 N–H and O–H groups in total. The van der Waals surface area contributed by atoms with E-state index >= 15 is 0 Å². The lowest BCUT2D eigenvalue weighted by Gasteiger charge is -2.33. The Bertz CT molecular complexity index is 1680. The summed E-state index contributed by atoms with van der Waals surface area (Å²) < 4.78 is 43.7. The Kier molecular flexibility index (Phi) is 12.5. The van der Waals surface area contributed by atoms with Crippen molar-refractivity contribution in [2.75, 3.05) is 36.9 Å². The average Bonchev–Trinajstić information content (AvgIpc) is 3.55. The third-order valence-corrected chi connectivity index (χ3v) is 9.93. The number of pyridine rings is 1. The molecule has 0 aliphatic rings. The second kappa shape index (κ2) is 16.1. The van der Waals surface area contributed by atoms with Crippen LogP contribution in [0.2, 0.25) is 0 Å². The van der Waals surface area contributed by atoms with Gasteiger partial charge in [0.15, 0.2) is 0 Å². The number of nitrogens with one attached hydrogen (secondary N) is 3. The van der Waals surface area contributed by atoms with Crippen molar-refractivity contribution in [3.05, 3.63) is 47.9 Å². The Morgan fingerprint density at radius 1 is 1.15 bits per heavy atom. The second-order valence-electron chi connectivity index (χ2n) is 11.3. The molecular formula is C29H38N8O8S2. The molecule has 1 aromatic carbocycles. The summed E-state index contributed by atoms with van der Waals surface area (Å²) in [5, 5.41) is 36.2. The summed E-state index contributed by atoms with van der Waals surface area (Å²) in [7, 11) is -1.36. The first-order valence-corrected chi connectivity index (χ1v) is 16.5. The van der Waals surface area contributed by atoms with Crippen molar-refractivity contribution in [3.8, 4) is 17.6 Å². The van der Waals surface area contributed by atoms with Crippen LogP contribution in [-0.2, 0) is 16.6 Å². The van der Waals surface area contributed by atoms with E-state index in [2.05, 4.69) is 30.3 Å². The Hall–Kier alpha value is -4.89. The first-order valence-electron chi connectivity index (χ1n) is 14.3. The number of nitriles is 1. The van der Waals surface area contributed by atoms with E-state index in [9.17, 15) is 28.4 Å². The molecule has 0 saturated heterocycles. The molecule has 3 rings (SSSR count). The Morgan fingerprint density at radius 3 is 2.49 bits per heavy atom. The Morgan fingerprint density at radius 2 is 1.89 bits per heavy atom. The molecule has 0 bridgehead atoms. The van der Waals surface area contributed by atoms with Crippen molar-refractivity contribution >= 4 is 44.7 Å². The minimum Gasteiger partial charge on any atom is -0.497 e. The van der Waals surface area contributed by atoms with Crippen LogP contribution < -0.4 is 29.7 Å². The van der Waals surface area contributed by atoms with E-state index in [0.717, 1.165) is 22.0 Å². The van der Waals surface area contributed by atoms with Crippen LogP contribution in [-0.4, -0.2) is 78.5 Å². The van der Waals surface area contributed by atoms with Crippen LogP contribution in [0.4, 0.5) is 20.5 Å². The number of aromatic nitrogens is 3. The van der Waals surface area contributed by atoms with Crippen molar-refractivity contribution in [1.82, 2.24) is 25.0 Å². The van der Waals surface area contributed by atoms with Crippen LogP contribution in [0.1, 0.15) is 44.7 Å². The van der Waals surface area contributed by atoms with Crippen molar-refractivity contribution in [1.29, 1.82) is 5.26 Å². The summed E-state index contributed by atoms with van der Waals surface area (Å²) in [6.45, 7) is 5.83. The van der Waals surface area contributed by atoms with Crippen LogP contribution in [0.15, 0.2) is 41.7 Å². The molecule has 254 valence electrons. The average molecular weight is 691 g/mol. The maximum atomic E-state index is 14.0. The number of anilines is 2. The topological polar surface area (TPSA) is 229 Å². The highest BCUT2D eigenvalue weighted by molar-refractivity contribution is 7.93. The maximum absolute atomic E-state index is 14.0. The molecule has 47 heavy (non-hydrogen) atoms. The highest BCUT2D eigenvalue weighted by Gasteiger charge is 2.31. The van der Waals surface area contributed by atoms with Crippen molar-refractivity contribution in [3.63, 3.8) is 0 Å². The molecule has 0 radical (unpaired) electrons. The lowest BCUT2D eigenvalue weighted by atomic mass is 9.77. The maximum Gasteiger partial charge on any atom is 0.404 e. The number of ether oxygens (including phenoxy) is 2. The number of hydrogen-bond donors (Lipinski definition) is 5. The van der Waals surface area contributed by atoms with E-state index in [0.29, 0.717) is 29.9 Å². The number of sulfonamides is 1. The van der Waals surface area contributed by atoms with Crippen LogP contribution >= 0.6 is 11.5 Å². The highest BCUT2D eigenvalue weighted by Crippen LogP contribution is 2.33. The summed E-state index contributed by atoms with van der Waals surface area (Å²) in [6.07, 6.45) is 1.02. The SMILES string of the molecule is COc1ccc(CN(c2ncns2)S(=O)(=O)c2cnc(NCC(CC(C)(C)CCNC(=O)O)C(C)NC(=O)O)c(C#N)c2)c(OC)c1. The predicted molar refractivity (Wildman–Crippen MR) is 173 cm³/mol. The Labute approximate surface area is 277 Å². The lowest BCUT2D eigenvalue weighted by molar-refractivity contribution is 0.173. The summed E-state index contributed by atoms with van der Waals surface area (Å²) >= 11 is 0.876. The van der Waals surface area contributed by atoms with Gasteiger partial charge in [0.1, 0.15) is 34.6 Å². The lowest BCUT2D eigenvalue weighted by Crippen LogP contribution is -2.42. The van der Waals surface area contributed by atoms with E-state index in [1.807, 2.05) is 19.9 Å². The number of benzene rings is 1. The number of rotatable bonds is 17. The van der Waals surface area contributed by atoms with Crippen molar-refractivity contribution < 1.29 is 37.7 Å². The molecule has 2 amide bonds. The highest BCUT2D eigenvalue weighted by atomic mass is 32.2. The monoisotopic (exact) mass is 690 g/mol. The molecule has 0 saturated carbocycles. The summed E-state index contributed by atoms with van der Waals surface area (Å²) in [6, 6.07) is 7.66. The molecule has 18 heteroatoms. The molecule has 0 aliphatic carbocycles. The Balaban J connectivity index is 1.89. The molecular weight excluding hydrogens is 653 g/mol. The molecule has 0 fully saturated rings. The van der Waals surface area contributed by atoms with Crippen molar-refractivity contribution in [2.45, 2.75) is 51.1 Å². The van der Waals surface area contributed by atoms with Gasteiger partial charge >= 0.3 is 12.2 Å². The zero-order chi connectivity index (χ0) is 34.8. The fraction of sp³-hybridized carbons (Fsp3) is 0.448. The van der Waals surface area contributed by atoms with E-state index in [-0.39, 0.29) is 52.4 Å². The molecule has 2 aromatic heterocycles. The molecule has 16 nitrogen and oxygen atoms in total. The molecule has 2 unspecified atom stereocenters. The van der Waals surface area contributed by atoms with Gasteiger partial charge in [-0.3, -0.25) is 0 Å². The first kappa shape index (κ1) is 36.6. The van der Waals surface area contributed by atoms with Gasteiger partial charge in [0, 0.05) is 48.5 Å². The number of carbonyl (C=O) groups is 2. The third kappa shape index (κ3) is 10.0. The van der Waals surface area contributed by atoms with E-state index in [1.54, 1.807) is 25.1 Å². The van der Waals surface area contributed by atoms with Gasteiger partial charge < -0.3 is 35.6 Å². The predicted octanol–water partition coefficient (Wildman–Crippen LogP) is 3.98. The number of hydrogen-bond acceptors (Lipinski definition) is 12. The minimum atomic E-state index is -4.32. The van der Waals surface area contributed by atoms with Gasteiger partial charge in [-0.1, -0.05) is 13.8 Å². The minimum absolute atomic E-state index is 0.0483. The van der Waals surface area contributed by atoms with E-state index < -0.39 is 28.3 Å². The quantitative estimate of drug-likeness (QED) is 0.135. The standard InChI is InChI=1S/C29H38N8O8S2/c1-18(36-28(40)41)21(12-29(2,3)8-9-31-27(38)39)14-32-25-20(13-30)10-23(15-33-25)47(42,43)37(26-34-17-35-46-26)16-19-6-7-22(44-4)11-24(19)45-5/h6-7,10-11,15,17-18,21,31,36H,8-9,12,14,16H2,1-5H3,(H,32,33)(H,38,39)(H,40,41). The van der Waals surface area contributed by atoms with Crippen LogP contribution in [0.3, 0.4) is 0 Å². The smallest absolute Gasteiger partial charge is 0.404 e. The van der Waals surface area contributed by atoms with Crippen LogP contribution in [0, 0.1) is 22.7 Å². The molecule has 0 spiro atoms. The summed E-state index contributed by atoms with van der Waals surface area (Å²) in [4.78, 5) is 30.4. The van der Waals surface area contributed by atoms with Gasteiger partial charge in [0.25, 0.3) is 10.0 Å². The third-order valence-electron chi connectivity index (χ3n) is 7.42. The van der Waals surface area contributed by atoms with Gasteiger partial charge in [-0.15, -0.1) is 0 Å². The number of nitrogens with zero attached hydrogens (tertiary/aromatic N) is 5. The molecule has 0 aliphatic heterocycles. The summed E-state index contributed by atoms with van der Waals surface area (Å²) in [5.74, 6) is 0.724. The molecule has 3 aromatic rings. The first-order chi connectivity index (χ1) is 22.2. The fourth-order valence-electron chi connectivity index (χ4n) is 4.90. The van der Waals surface area contributed by atoms with Gasteiger partial charge in [-0.05, 0) is 49.3 Å². The van der Waals surface area contributed by atoms with Gasteiger partial charge in [0.2, 0.25) is 5.13 Å². The largest absolute Gasteiger partial charge is 0.497 e. The van der Waals surface area contributed by atoms with E-state index in [1.165, 1.54) is 26.6 Å². The zero-order valence-corrected chi connectivity index (χ0v) is 28.2. The second-order valence-corrected chi connectivity index (χ2v) is 13.9. The van der Waals surface area contributed by atoms with Gasteiger partial charge in [0.05, 0.1) is 26.3 Å². The van der Waals surface area contributed by atoms with Crippen molar-refractivity contribution in [2.24, 2.45) is 11.3 Å². The number of carboxylic acid groups (broad SMARTS) is 2. The fourth-order valence-corrected chi connectivity index (χ4v) is 7.00. The molecule has 2 heterocycles. The van der Waals surface area contributed by atoms with Crippen LogP contribution in [0.5, 0.6) is 11.5 Å².